The summed E-state index contributed by atoms with van der Waals surface area (Å²) in [5, 5.41) is 2.92. The highest BCUT2D eigenvalue weighted by Gasteiger charge is 2.41. The fourth-order valence-corrected chi connectivity index (χ4v) is 3.98. The number of hydrogen-bond acceptors (Lipinski definition) is 3. The number of nitrogens with one attached hydrogen (secondary N) is 1. The SMILES string of the molecule is COc1ccc(Br)cc1[C@H]1CC(=O)NC2=C1C(=O)CC(C)(C)C2. The van der Waals surface area contributed by atoms with E-state index in [2.05, 4.69) is 35.1 Å². The first-order valence-corrected chi connectivity index (χ1v) is 8.49. The van der Waals surface area contributed by atoms with Gasteiger partial charge in [-0.25, -0.2) is 0 Å². The van der Waals surface area contributed by atoms with E-state index in [1.165, 1.54) is 0 Å². The van der Waals surface area contributed by atoms with E-state index in [9.17, 15) is 9.59 Å². The smallest absolute Gasteiger partial charge is 0.225 e. The van der Waals surface area contributed by atoms with Gasteiger partial charge in [0.05, 0.1) is 7.11 Å². The molecule has 2 aliphatic rings. The molecule has 1 aliphatic heterocycles. The molecular formula is C18H20BrNO3. The van der Waals surface area contributed by atoms with Crippen molar-refractivity contribution in [2.45, 2.75) is 39.0 Å². The molecule has 0 radical (unpaired) electrons. The predicted molar refractivity (Wildman–Crippen MR) is 91.2 cm³/mol. The van der Waals surface area contributed by atoms with Gasteiger partial charge in [0, 0.05) is 40.1 Å². The Kier molecular flexibility index (Phi) is 4.08. The van der Waals surface area contributed by atoms with Gasteiger partial charge in [0.25, 0.3) is 0 Å². The van der Waals surface area contributed by atoms with Crippen molar-refractivity contribution in [1.82, 2.24) is 5.32 Å². The Morgan fingerprint density at radius 1 is 1.26 bits per heavy atom. The lowest BCUT2D eigenvalue weighted by molar-refractivity contribution is -0.122. The Hall–Kier alpha value is -1.62. The zero-order valence-corrected chi connectivity index (χ0v) is 15.1. The van der Waals surface area contributed by atoms with Crippen molar-refractivity contribution in [1.29, 1.82) is 0 Å². The van der Waals surface area contributed by atoms with Crippen LogP contribution in [0.15, 0.2) is 33.9 Å². The Morgan fingerprint density at radius 3 is 2.70 bits per heavy atom. The number of methoxy groups -OCH3 is 1. The molecule has 0 saturated carbocycles. The first-order valence-electron chi connectivity index (χ1n) is 7.70. The number of allylic oxidation sites excluding steroid dienone is 2. The van der Waals surface area contributed by atoms with Crippen molar-refractivity contribution < 1.29 is 14.3 Å². The van der Waals surface area contributed by atoms with Gasteiger partial charge in [-0.05, 0) is 30.0 Å². The minimum Gasteiger partial charge on any atom is -0.496 e. The lowest BCUT2D eigenvalue weighted by Crippen LogP contribution is -2.40. The summed E-state index contributed by atoms with van der Waals surface area (Å²) < 4.78 is 6.37. The maximum Gasteiger partial charge on any atom is 0.225 e. The van der Waals surface area contributed by atoms with Crippen LogP contribution < -0.4 is 10.1 Å². The molecule has 1 aromatic rings. The Bertz CT molecular complexity index is 721. The maximum atomic E-state index is 12.8. The number of ketones is 1. The molecule has 0 fully saturated rings. The van der Waals surface area contributed by atoms with Crippen LogP contribution in [0.4, 0.5) is 0 Å². The summed E-state index contributed by atoms with van der Waals surface area (Å²) in [7, 11) is 1.61. The molecule has 1 aliphatic carbocycles. The van der Waals surface area contributed by atoms with Gasteiger partial charge >= 0.3 is 0 Å². The molecule has 0 saturated heterocycles. The van der Waals surface area contributed by atoms with Crippen molar-refractivity contribution in [3.05, 3.63) is 39.5 Å². The van der Waals surface area contributed by atoms with Crippen molar-refractivity contribution in [2.75, 3.05) is 7.11 Å². The number of carbonyl (C=O) groups is 2. The van der Waals surface area contributed by atoms with Crippen LogP contribution in [0.1, 0.15) is 44.6 Å². The first kappa shape index (κ1) is 16.2. The second-order valence-corrected chi connectivity index (χ2v) is 7.94. The molecule has 0 aromatic heterocycles. The fraction of sp³-hybridized carbons (Fsp3) is 0.444. The van der Waals surface area contributed by atoms with Crippen LogP contribution in [0.25, 0.3) is 0 Å². The number of amides is 1. The molecule has 122 valence electrons. The van der Waals surface area contributed by atoms with Gasteiger partial charge in [0.1, 0.15) is 5.75 Å². The zero-order chi connectivity index (χ0) is 16.8. The third kappa shape index (κ3) is 3.07. The van der Waals surface area contributed by atoms with E-state index in [0.29, 0.717) is 18.6 Å². The minimum absolute atomic E-state index is 0.0405. The van der Waals surface area contributed by atoms with Crippen molar-refractivity contribution in [2.24, 2.45) is 5.41 Å². The molecule has 1 N–H and O–H groups in total. The van der Waals surface area contributed by atoms with Gasteiger partial charge in [-0.15, -0.1) is 0 Å². The molecule has 3 rings (SSSR count). The quantitative estimate of drug-likeness (QED) is 0.854. The number of Topliss-reactive ketones (excluding diaryl/α,β-unsaturated/α-hetero) is 1. The van der Waals surface area contributed by atoms with Crippen LogP contribution >= 0.6 is 15.9 Å². The molecule has 0 bridgehead atoms. The van der Waals surface area contributed by atoms with Crippen molar-refractivity contribution in [3.63, 3.8) is 0 Å². The molecule has 0 unspecified atom stereocenters. The van der Waals surface area contributed by atoms with Crippen LogP contribution in [-0.2, 0) is 9.59 Å². The van der Waals surface area contributed by atoms with E-state index < -0.39 is 0 Å². The second kappa shape index (κ2) is 5.78. The Balaban J connectivity index is 2.14. The fourth-order valence-electron chi connectivity index (χ4n) is 3.60. The number of hydrogen-bond donors (Lipinski definition) is 1. The molecule has 1 atom stereocenters. The second-order valence-electron chi connectivity index (χ2n) is 7.02. The normalized spacial score (nSPS) is 23.4. The van der Waals surface area contributed by atoms with Crippen LogP contribution in [0, 0.1) is 5.41 Å². The Labute approximate surface area is 144 Å². The van der Waals surface area contributed by atoms with E-state index in [4.69, 9.17) is 4.74 Å². The van der Waals surface area contributed by atoms with Gasteiger partial charge < -0.3 is 10.1 Å². The topological polar surface area (TPSA) is 55.4 Å². The number of halogens is 1. The van der Waals surface area contributed by atoms with E-state index >= 15 is 0 Å². The minimum atomic E-state index is -0.241. The maximum absolute atomic E-state index is 12.8. The summed E-state index contributed by atoms with van der Waals surface area (Å²) in [5.41, 5.74) is 2.30. The molecule has 4 nitrogen and oxygen atoms in total. The average Bonchev–Trinajstić information content (AvgIpc) is 2.44. The molecule has 0 spiro atoms. The highest BCUT2D eigenvalue weighted by molar-refractivity contribution is 9.10. The van der Waals surface area contributed by atoms with Gasteiger partial charge in [0.2, 0.25) is 5.91 Å². The monoisotopic (exact) mass is 377 g/mol. The Morgan fingerprint density at radius 2 is 2.00 bits per heavy atom. The zero-order valence-electron chi connectivity index (χ0n) is 13.5. The molecule has 1 heterocycles. The standard InChI is InChI=1S/C18H20BrNO3/c1-18(2)8-13-17(14(21)9-18)12(7-16(22)20-13)11-6-10(19)4-5-15(11)23-3/h4-6,12H,7-9H2,1-3H3,(H,20,22)/t12-/m1/s1. The summed E-state index contributed by atoms with van der Waals surface area (Å²) >= 11 is 3.47. The van der Waals surface area contributed by atoms with Gasteiger partial charge in [-0.3, -0.25) is 9.59 Å². The molecule has 23 heavy (non-hydrogen) atoms. The highest BCUT2D eigenvalue weighted by Crippen LogP contribution is 2.46. The first-order chi connectivity index (χ1) is 10.8. The number of rotatable bonds is 2. The van der Waals surface area contributed by atoms with Crippen LogP contribution in [0.2, 0.25) is 0 Å². The van der Waals surface area contributed by atoms with E-state index in [-0.39, 0.29) is 29.4 Å². The van der Waals surface area contributed by atoms with Crippen molar-refractivity contribution in [3.8, 4) is 5.75 Å². The third-order valence-corrected chi connectivity index (χ3v) is 5.01. The number of benzene rings is 1. The molecule has 5 heteroatoms. The van der Waals surface area contributed by atoms with E-state index in [1.54, 1.807) is 7.11 Å². The summed E-state index contributed by atoms with van der Waals surface area (Å²) in [6, 6.07) is 5.70. The van der Waals surface area contributed by atoms with Crippen LogP contribution in [-0.4, -0.2) is 18.8 Å². The largest absolute Gasteiger partial charge is 0.496 e. The van der Waals surface area contributed by atoms with Gasteiger partial charge in [-0.1, -0.05) is 29.8 Å². The molecule has 1 amide bonds. The lowest BCUT2D eigenvalue weighted by Gasteiger charge is -2.38. The van der Waals surface area contributed by atoms with Crippen molar-refractivity contribution >= 4 is 27.6 Å². The summed E-state index contributed by atoms with van der Waals surface area (Å²) in [6.07, 6.45) is 1.50. The van der Waals surface area contributed by atoms with Crippen LogP contribution in [0.3, 0.4) is 0 Å². The van der Waals surface area contributed by atoms with Gasteiger partial charge in [0.15, 0.2) is 5.78 Å². The average molecular weight is 378 g/mol. The number of ether oxygens (including phenoxy) is 1. The summed E-state index contributed by atoms with van der Waals surface area (Å²) in [6.45, 7) is 4.12. The highest BCUT2D eigenvalue weighted by atomic mass is 79.9. The van der Waals surface area contributed by atoms with E-state index in [0.717, 1.165) is 21.3 Å². The molecular weight excluding hydrogens is 358 g/mol. The summed E-state index contributed by atoms with van der Waals surface area (Å²) in [4.78, 5) is 25.0. The lowest BCUT2D eigenvalue weighted by atomic mass is 9.70. The van der Waals surface area contributed by atoms with E-state index in [1.807, 2.05) is 18.2 Å². The molecule has 1 aromatic carbocycles. The number of carbonyl (C=O) groups excluding carboxylic acids is 2. The third-order valence-electron chi connectivity index (χ3n) is 4.52. The predicted octanol–water partition coefficient (Wildman–Crippen LogP) is 3.70. The summed E-state index contributed by atoms with van der Waals surface area (Å²) in [5.74, 6) is 0.553. The van der Waals surface area contributed by atoms with Crippen LogP contribution in [0.5, 0.6) is 5.75 Å². The van der Waals surface area contributed by atoms with Gasteiger partial charge in [-0.2, -0.15) is 0 Å².